The van der Waals surface area contributed by atoms with E-state index in [1.807, 2.05) is 19.1 Å². The number of esters is 1. The van der Waals surface area contributed by atoms with Gasteiger partial charge >= 0.3 is 5.97 Å². The lowest BCUT2D eigenvalue weighted by molar-refractivity contribution is 0.0604. The highest BCUT2D eigenvalue weighted by Crippen LogP contribution is 2.29. The molecular weight excluding hydrogens is 272 g/mol. The van der Waals surface area contributed by atoms with Crippen LogP contribution in [0.1, 0.15) is 15.9 Å². The van der Waals surface area contributed by atoms with Crippen LogP contribution in [-0.2, 0) is 4.74 Å². The molecule has 0 aliphatic rings. The second-order valence-corrected chi connectivity index (χ2v) is 4.41. The zero-order valence-electron chi connectivity index (χ0n) is 8.93. The normalized spacial score (nSPS) is 10.7. The molecule has 0 saturated heterocycles. The maximum Gasteiger partial charge on any atom is 0.342 e. The number of aromatic amines is 1. The Morgan fingerprint density at radius 2 is 2.19 bits per heavy atom. The lowest BCUT2D eigenvalue weighted by Gasteiger charge is -2.00. The summed E-state index contributed by atoms with van der Waals surface area (Å²) in [7, 11) is 1.34. The van der Waals surface area contributed by atoms with Crippen molar-refractivity contribution in [3.8, 4) is 0 Å². The third-order valence-electron chi connectivity index (χ3n) is 2.50. The first-order chi connectivity index (χ1) is 7.54. The number of methoxy groups -OCH3 is 1. The van der Waals surface area contributed by atoms with E-state index >= 15 is 0 Å². The second-order valence-electron chi connectivity index (χ2n) is 3.55. The quantitative estimate of drug-likeness (QED) is 0.790. The monoisotopic (exact) mass is 282 g/mol. The van der Waals surface area contributed by atoms with Gasteiger partial charge in [0.15, 0.2) is 0 Å². The standard InChI is InChI=1S/C11H11BrN2O2/c1-5-3-6-8(4-7(5)12)14-10(13)9(6)11(15)16-2/h3-4,14H,13H2,1-2H3. The average molecular weight is 283 g/mol. The predicted octanol–water partition coefficient (Wildman–Crippen LogP) is 2.61. The summed E-state index contributed by atoms with van der Waals surface area (Å²) in [5.74, 6) is -0.0928. The Labute approximate surface area is 101 Å². The number of rotatable bonds is 1. The second kappa shape index (κ2) is 3.83. The number of fused-ring (bicyclic) bond motifs is 1. The largest absolute Gasteiger partial charge is 0.465 e. The van der Waals surface area contributed by atoms with Gasteiger partial charge in [-0.25, -0.2) is 4.79 Å². The van der Waals surface area contributed by atoms with E-state index in [4.69, 9.17) is 10.5 Å². The fourth-order valence-electron chi connectivity index (χ4n) is 1.67. The molecule has 0 fully saturated rings. The third-order valence-corrected chi connectivity index (χ3v) is 3.35. The number of H-pyrrole nitrogens is 1. The molecule has 1 heterocycles. The Kier molecular flexibility index (Phi) is 2.63. The van der Waals surface area contributed by atoms with Crippen molar-refractivity contribution in [2.45, 2.75) is 6.92 Å². The molecule has 0 radical (unpaired) electrons. The Morgan fingerprint density at radius 1 is 1.50 bits per heavy atom. The molecule has 3 N–H and O–H groups in total. The topological polar surface area (TPSA) is 68.1 Å². The van der Waals surface area contributed by atoms with Crippen LogP contribution in [0.4, 0.5) is 5.82 Å². The SMILES string of the molecule is COC(=O)c1c(N)[nH]c2cc(Br)c(C)cc12. The molecule has 0 saturated carbocycles. The molecule has 1 aromatic carbocycles. The maximum atomic E-state index is 11.6. The van der Waals surface area contributed by atoms with E-state index in [-0.39, 0.29) is 0 Å². The Hall–Kier alpha value is -1.49. The van der Waals surface area contributed by atoms with Gasteiger partial charge in [0.2, 0.25) is 0 Å². The zero-order chi connectivity index (χ0) is 11.9. The van der Waals surface area contributed by atoms with Crippen LogP contribution in [-0.4, -0.2) is 18.1 Å². The minimum atomic E-state index is -0.425. The number of nitrogens with two attached hydrogens (primary N) is 1. The predicted molar refractivity (Wildman–Crippen MR) is 66.5 cm³/mol. The molecule has 0 aliphatic carbocycles. The first-order valence-corrected chi connectivity index (χ1v) is 5.49. The summed E-state index contributed by atoms with van der Waals surface area (Å²) in [5, 5.41) is 0.782. The van der Waals surface area contributed by atoms with Crippen LogP contribution >= 0.6 is 15.9 Å². The van der Waals surface area contributed by atoms with Crippen LogP contribution in [0.3, 0.4) is 0 Å². The van der Waals surface area contributed by atoms with Crippen molar-refractivity contribution >= 4 is 38.6 Å². The number of aryl methyl sites for hydroxylation is 1. The maximum absolute atomic E-state index is 11.6. The summed E-state index contributed by atoms with van der Waals surface area (Å²) in [6, 6.07) is 3.80. The number of hydrogen-bond acceptors (Lipinski definition) is 3. The molecule has 0 spiro atoms. The van der Waals surface area contributed by atoms with Crippen molar-refractivity contribution in [1.82, 2.24) is 4.98 Å². The summed E-state index contributed by atoms with van der Waals surface area (Å²) >= 11 is 3.43. The van der Waals surface area contributed by atoms with Gasteiger partial charge in [-0.2, -0.15) is 0 Å². The van der Waals surface area contributed by atoms with Gasteiger partial charge in [0.05, 0.1) is 7.11 Å². The van der Waals surface area contributed by atoms with Crippen LogP contribution in [0.25, 0.3) is 10.9 Å². The van der Waals surface area contributed by atoms with E-state index in [0.717, 1.165) is 20.9 Å². The van der Waals surface area contributed by atoms with Gasteiger partial charge in [-0.1, -0.05) is 15.9 Å². The fourth-order valence-corrected chi connectivity index (χ4v) is 2.01. The molecule has 0 amide bonds. The minimum Gasteiger partial charge on any atom is -0.465 e. The minimum absolute atomic E-state index is 0.333. The van der Waals surface area contributed by atoms with Gasteiger partial charge in [0.1, 0.15) is 11.4 Å². The van der Waals surface area contributed by atoms with E-state index in [1.54, 1.807) is 0 Å². The first-order valence-electron chi connectivity index (χ1n) is 4.70. The molecule has 1 aromatic heterocycles. The Morgan fingerprint density at radius 3 is 2.81 bits per heavy atom. The van der Waals surface area contributed by atoms with Crippen LogP contribution < -0.4 is 5.73 Å². The van der Waals surface area contributed by atoms with Crippen molar-refractivity contribution < 1.29 is 9.53 Å². The summed E-state index contributed by atoms with van der Waals surface area (Å²) in [6.07, 6.45) is 0. The van der Waals surface area contributed by atoms with Crippen LogP contribution in [0.2, 0.25) is 0 Å². The molecule has 2 aromatic rings. The highest BCUT2D eigenvalue weighted by atomic mass is 79.9. The number of benzene rings is 1. The smallest absolute Gasteiger partial charge is 0.342 e. The highest BCUT2D eigenvalue weighted by molar-refractivity contribution is 9.10. The lowest BCUT2D eigenvalue weighted by atomic mass is 10.1. The molecule has 0 aliphatic heterocycles. The number of carbonyl (C=O) groups is 1. The number of ether oxygens (including phenoxy) is 1. The van der Waals surface area contributed by atoms with Gasteiger partial charge in [0, 0.05) is 15.4 Å². The number of aromatic nitrogens is 1. The van der Waals surface area contributed by atoms with E-state index in [1.165, 1.54) is 7.11 Å². The Balaban J connectivity index is 2.79. The van der Waals surface area contributed by atoms with Crippen LogP contribution in [0.5, 0.6) is 0 Å². The van der Waals surface area contributed by atoms with Crippen molar-refractivity contribution in [1.29, 1.82) is 0 Å². The number of nitrogens with one attached hydrogen (secondary N) is 1. The van der Waals surface area contributed by atoms with Gasteiger partial charge in [-0.15, -0.1) is 0 Å². The van der Waals surface area contributed by atoms with E-state index < -0.39 is 5.97 Å². The molecule has 4 nitrogen and oxygen atoms in total. The lowest BCUT2D eigenvalue weighted by Crippen LogP contribution is -2.03. The van der Waals surface area contributed by atoms with Crippen molar-refractivity contribution in [3.63, 3.8) is 0 Å². The van der Waals surface area contributed by atoms with Crippen molar-refractivity contribution in [2.24, 2.45) is 0 Å². The Bertz CT molecular complexity index is 575. The van der Waals surface area contributed by atoms with E-state index in [0.29, 0.717) is 11.4 Å². The van der Waals surface area contributed by atoms with Gasteiger partial charge in [-0.05, 0) is 24.6 Å². The van der Waals surface area contributed by atoms with Gasteiger partial charge in [0.25, 0.3) is 0 Å². The summed E-state index contributed by atoms with van der Waals surface area (Å²) < 4.78 is 5.67. The van der Waals surface area contributed by atoms with Crippen molar-refractivity contribution in [3.05, 3.63) is 27.7 Å². The van der Waals surface area contributed by atoms with Crippen LogP contribution in [0.15, 0.2) is 16.6 Å². The van der Waals surface area contributed by atoms with Gasteiger partial charge in [-0.3, -0.25) is 0 Å². The summed E-state index contributed by atoms with van der Waals surface area (Å²) in [5.41, 5.74) is 8.01. The number of anilines is 1. The third kappa shape index (κ3) is 1.57. The molecular formula is C11H11BrN2O2. The highest BCUT2D eigenvalue weighted by Gasteiger charge is 2.17. The number of hydrogen-bond donors (Lipinski definition) is 2. The van der Waals surface area contributed by atoms with Crippen LogP contribution in [0, 0.1) is 6.92 Å². The fraction of sp³-hybridized carbons (Fsp3) is 0.182. The van der Waals surface area contributed by atoms with Gasteiger partial charge < -0.3 is 15.5 Å². The number of nitrogen functional groups attached to an aromatic ring is 1. The van der Waals surface area contributed by atoms with E-state index in [2.05, 4.69) is 20.9 Å². The number of carbonyl (C=O) groups excluding carboxylic acids is 1. The average Bonchev–Trinajstić information content (AvgIpc) is 2.54. The summed E-state index contributed by atoms with van der Waals surface area (Å²) in [6.45, 7) is 1.95. The molecule has 0 atom stereocenters. The zero-order valence-corrected chi connectivity index (χ0v) is 10.5. The van der Waals surface area contributed by atoms with Crippen molar-refractivity contribution in [2.75, 3.05) is 12.8 Å². The first kappa shape index (κ1) is 11.0. The molecule has 16 heavy (non-hydrogen) atoms. The van der Waals surface area contributed by atoms with E-state index in [9.17, 15) is 4.79 Å². The number of halogens is 1. The molecule has 84 valence electrons. The molecule has 2 rings (SSSR count). The molecule has 0 bridgehead atoms. The summed E-state index contributed by atoms with van der Waals surface area (Å²) in [4.78, 5) is 14.5. The molecule has 0 unspecified atom stereocenters. The molecule has 5 heteroatoms.